The Labute approximate surface area is 94.7 Å². The van der Waals surface area contributed by atoms with Gasteiger partial charge in [-0.2, -0.15) is 5.26 Å². The van der Waals surface area contributed by atoms with Crippen LogP contribution in [0.25, 0.3) is 0 Å². The molecule has 1 unspecified atom stereocenters. The van der Waals surface area contributed by atoms with Gasteiger partial charge in [-0.05, 0) is 0 Å². The lowest BCUT2D eigenvalue weighted by Gasteiger charge is -2.37. The molecule has 0 aromatic carbocycles. The number of hydrogen-bond donors (Lipinski definition) is 1. The van der Waals surface area contributed by atoms with Crippen LogP contribution in [0.3, 0.4) is 0 Å². The molecule has 0 aromatic heterocycles. The third-order valence-corrected chi connectivity index (χ3v) is 2.92. The van der Waals surface area contributed by atoms with E-state index in [4.69, 9.17) is 10.00 Å². The van der Waals surface area contributed by atoms with Crippen LogP contribution in [0.2, 0.25) is 0 Å². The van der Waals surface area contributed by atoms with Crippen molar-refractivity contribution in [3.8, 4) is 6.07 Å². The van der Waals surface area contributed by atoms with Crippen LogP contribution in [0.1, 0.15) is 0 Å². The summed E-state index contributed by atoms with van der Waals surface area (Å²) in [6, 6.07) is 1.78. The Morgan fingerprint density at radius 3 is 2.81 bits per heavy atom. The Morgan fingerprint density at radius 1 is 1.38 bits per heavy atom. The minimum Gasteiger partial charge on any atom is -0.378 e. The fourth-order valence-electron chi connectivity index (χ4n) is 1.98. The van der Waals surface area contributed by atoms with E-state index in [-0.39, 0.29) is 12.1 Å². The van der Waals surface area contributed by atoms with Crippen LogP contribution in [0.4, 0.5) is 4.79 Å². The summed E-state index contributed by atoms with van der Waals surface area (Å²) in [6.45, 7) is 4.36. The molecule has 0 aliphatic carbocycles. The normalized spacial score (nSPS) is 26.3. The van der Waals surface area contributed by atoms with Gasteiger partial charge in [0.25, 0.3) is 0 Å². The fraction of sp³-hybridized carbons (Fsp3) is 0.800. The first-order chi connectivity index (χ1) is 7.83. The van der Waals surface area contributed by atoms with Crippen molar-refractivity contribution in [2.24, 2.45) is 0 Å². The molecule has 2 fully saturated rings. The second kappa shape index (κ2) is 5.14. The van der Waals surface area contributed by atoms with Gasteiger partial charge in [0.1, 0.15) is 6.04 Å². The standard InChI is InChI=1S/C10H16N4O2/c11-7-9-8-12-1-2-14(9)10(15)13-3-5-16-6-4-13/h9,12H,1-6,8H2. The van der Waals surface area contributed by atoms with E-state index >= 15 is 0 Å². The highest BCUT2D eigenvalue weighted by molar-refractivity contribution is 5.75. The van der Waals surface area contributed by atoms with Crippen molar-refractivity contribution >= 4 is 6.03 Å². The van der Waals surface area contributed by atoms with E-state index in [1.54, 1.807) is 9.80 Å². The van der Waals surface area contributed by atoms with Crippen molar-refractivity contribution < 1.29 is 9.53 Å². The van der Waals surface area contributed by atoms with Crippen molar-refractivity contribution in [1.29, 1.82) is 5.26 Å². The van der Waals surface area contributed by atoms with Gasteiger partial charge in [0.05, 0.1) is 19.3 Å². The molecule has 2 amide bonds. The number of ether oxygens (including phenoxy) is 1. The number of amides is 2. The van der Waals surface area contributed by atoms with Crippen LogP contribution in [-0.2, 0) is 4.74 Å². The molecule has 1 N–H and O–H groups in total. The number of hydrogen-bond acceptors (Lipinski definition) is 4. The first-order valence-corrected chi connectivity index (χ1v) is 5.56. The van der Waals surface area contributed by atoms with Gasteiger partial charge >= 0.3 is 6.03 Å². The van der Waals surface area contributed by atoms with Gasteiger partial charge in [-0.15, -0.1) is 0 Å². The number of carbonyl (C=O) groups excluding carboxylic acids is 1. The van der Waals surface area contributed by atoms with Gasteiger partial charge in [-0.25, -0.2) is 4.79 Å². The summed E-state index contributed by atoms with van der Waals surface area (Å²) >= 11 is 0. The highest BCUT2D eigenvalue weighted by Crippen LogP contribution is 2.08. The maximum Gasteiger partial charge on any atom is 0.321 e. The zero-order valence-corrected chi connectivity index (χ0v) is 9.19. The zero-order valence-electron chi connectivity index (χ0n) is 9.19. The average molecular weight is 224 g/mol. The van der Waals surface area contributed by atoms with Gasteiger partial charge < -0.3 is 19.9 Å². The van der Waals surface area contributed by atoms with Gasteiger partial charge in [0.2, 0.25) is 0 Å². The SMILES string of the molecule is N#CC1CNCCN1C(=O)N1CCOCC1. The third kappa shape index (κ3) is 2.26. The lowest BCUT2D eigenvalue weighted by molar-refractivity contribution is 0.0397. The second-order valence-electron chi connectivity index (χ2n) is 3.92. The fourth-order valence-corrected chi connectivity index (χ4v) is 1.98. The van der Waals surface area contributed by atoms with Crippen LogP contribution in [-0.4, -0.2) is 67.8 Å². The lowest BCUT2D eigenvalue weighted by atomic mass is 10.2. The second-order valence-corrected chi connectivity index (χ2v) is 3.92. The summed E-state index contributed by atoms with van der Waals surface area (Å²) in [7, 11) is 0. The van der Waals surface area contributed by atoms with Crippen LogP contribution < -0.4 is 5.32 Å². The first-order valence-electron chi connectivity index (χ1n) is 5.56. The summed E-state index contributed by atoms with van der Waals surface area (Å²) in [4.78, 5) is 15.6. The molecule has 2 aliphatic heterocycles. The molecular weight excluding hydrogens is 208 g/mol. The number of nitrogens with one attached hydrogen (secondary N) is 1. The molecule has 2 rings (SSSR count). The number of morpholine rings is 1. The number of rotatable bonds is 0. The molecule has 1 atom stereocenters. The van der Waals surface area contributed by atoms with E-state index in [0.717, 1.165) is 6.54 Å². The zero-order chi connectivity index (χ0) is 11.4. The third-order valence-electron chi connectivity index (χ3n) is 2.92. The van der Waals surface area contributed by atoms with Gasteiger partial charge in [0.15, 0.2) is 0 Å². The van der Waals surface area contributed by atoms with Gasteiger partial charge in [0, 0.05) is 32.7 Å². The number of urea groups is 1. The maximum atomic E-state index is 12.1. The quantitative estimate of drug-likeness (QED) is 0.587. The maximum absolute atomic E-state index is 12.1. The molecule has 16 heavy (non-hydrogen) atoms. The predicted octanol–water partition coefficient (Wildman–Crippen LogP) is -0.764. The molecule has 0 radical (unpaired) electrons. The molecule has 0 aromatic rings. The highest BCUT2D eigenvalue weighted by Gasteiger charge is 2.30. The van der Waals surface area contributed by atoms with Crippen LogP contribution in [0.5, 0.6) is 0 Å². The van der Waals surface area contributed by atoms with E-state index in [1.165, 1.54) is 0 Å². The summed E-state index contributed by atoms with van der Waals surface area (Å²) < 4.78 is 5.20. The Balaban J connectivity index is 1.98. The summed E-state index contributed by atoms with van der Waals surface area (Å²) in [5.74, 6) is 0. The monoisotopic (exact) mass is 224 g/mol. The summed E-state index contributed by atoms with van der Waals surface area (Å²) in [6.07, 6.45) is 0. The molecule has 6 nitrogen and oxygen atoms in total. The minimum absolute atomic E-state index is 0.0312. The molecule has 2 aliphatic rings. The largest absolute Gasteiger partial charge is 0.378 e. The van der Waals surface area contributed by atoms with Crippen molar-refractivity contribution in [3.63, 3.8) is 0 Å². The predicted molar refractivity (Wildman–Crippen MR) is 56.8 cm³/mol. The topological polar surface area (TPSA) is 68.6 Å². The molecule has 2 saturated heterocycles. The number of nitrogens with zero attached hydrogens (tertiary/aromatic N) is 3. The van der Waals surface area contributed by atoms with Crippen LogP contribution in [0, 0.1) is 11.3 Å². The van der Waals surface area contributed by atoms with Crippen LogP contribution in [0.15, 0.2) is 0 Å². The van der Waals surface area contributed by atoms with E-state index < -0.39 is 0 Å². The van der Waals surface area contributed by atoms with Crippen molar-refractivity contribution in [2.75, 3.05) is 45.9 Å². The van der Waals surface area contributed by atoms with Crippen molar-refractivity contribution in [1.82, 2.24) is 15.1 Å². The molecule has 0 saturated carbocycles. The molecule has 0 spiro atoms. The molecule has 88 valence electrons. The number of nitriles is 1. The van der Waals surface area contributed by atoms with E-state index in [1.807, 2.05) is 0 Å². The number of piperazine rings is 1. The molecule has 2 heterocycles. The van der Waals surface area contributed by atoms with E-state index in [0.29, 0.717) is 39.4 Å². The number of carbonyl (C=O) groups is 1. The minimum atomic E-state index is -0.343. The Hall–Kier alpha value is -1.32. The lowest BCUT2D eigenvalue weighted by Crippen LogP contribution is -2.58. The smallest absolute Gasteiger partial charge is 0.321 e. The Bertz CT molecular complexity index is 296. The average Bonchev–Trinajstić information content (AvgIpc) is 2.39. The summed E-state index contributed by atoms with van der Waals surface area (Å²) in [5, 5.41) is 12.1. The first kappa shape index (κ1) is 11.2. The van der Waals surface area contributed by atoms with Crippen molar-refractivity contribution in [3.05, 3.63) is 0 Å². The molecule has 0 bridgehead atoms. The van der Waals surface area contributed by atoms with E-state index in [2.05, 4.69) is 11.4 Å². The molecule has 6 heteroatoms. The van der Waals surface area contributed by atoms with Crippen LogP contribution >= 0.6 is 0 Å². The Morgan fingerprint density at radius 2 is 2.12 bits per heavy atom. The summed E-state index contributed by atoms with van der Waals surface area (Å²) in [5.41, 5.74) is 0. The van der Waals surface area contributed by atoms with E-state index in [9.17, 15) is 4.79 Å². The molecular formula is C10H16N4O2. The van der Waals surface area contributed by atoms with Gasteiger partial charge in [-0.1, -0.05) is 0 Å². The Kier molecular flexibility index (Phi) is 3.59. The highest BCUT2D eigenvalue weighted by atomic mass is 16.5. The van der Waals surface area contributed by atoms with Gasteiger partial charge in [-0.3, -0.25) is 0 Å². The van der Waals surface area contributed by atoms with Crippen molar-refractivity contribution in [2.45, 2.75) is 6.04 Å².